The second kappa shape index (κ2) is 4.96. The van der Waals surface area contributed by atoms with Gasteiger partial charge in [-0.3, -0.25) is 4.79 Å². The Balaban J connectivity index is 1.93. The van der Waals surface area contributed by atoms with E-state index < -0.39 is 0 Å². The largest absolute Gasteiger partial charge is 0.356 e. The monoisotopic (exact) mass is 301 g/mol. The number of hydrogen-bond donors (Lipinski definition) is 1. The summed E-state index contributed by atoms with van der Waals surface area (Å²) in [6, 6.07) is 7.59. The number of aromatic nitrogens is 2. The Morgan fingerprint density at radius 2 is 2.05 bits per heavy atom. The van der Waals surface area contributed by atoms with Crippen LogP contribution in [0, 0.1) is 0 Å². The third-order valence-electron chi connectivity index (χ3n) is 2.80. The number of amides is 1. The first-order valence-corrected chi connectivity index (χ1v) is 7.39. The van der Waals surface area contributed by atoms with Crippen LogP contribution in [-0.2, 0) is 0 Å². The molecule has 0 bridgehead atoms. The molecule has 1 amide bonds. The van der Waals surface area contributed by atoms with Gasteiger partial charge in [-0.05, 0) is 32.9 Å². The Labute approximate surface area is 126 Å². The fraction of sp³-hybridized carbons (Fsp3) is 0.267. The molecule has 3 aromatic rings. The van der Waals surface area contributed by atoms with Crippen molar-refractivity contribution in [2.45, 2.75) is 26.3 Å². The number of thiazole rings is 1. The molecule has 0 saturated carbocycles. The van der Waals surface area contributed by atoms with E-state index in [1.807, 2.05) is 45.0 Å². The number of carbonyl (C=O) groups is 1. The lowest BCUT2D eigenvalue weighted by Crippen LogP contribution is -2.40. The molecule has 2 heterocycles. The molecule has 0 aliphatic heterocycles. The minimum absolute atomic E-state index is 0.126. The molecule has 1 N–H and O–H groups in total. The zero-order valence-corrected chi connectivity index (χ0v) is 12.8. The third-order valence-corrected chi connectivity index (χ3v) is 3.80. The van der Waals surface area contributed by atoms with E-state index in [4.69, 9.17) is 4.52 Å². The van der Waals surface area contributed by atoms with Crippen molar-refractivity contribution < 1.29 is 9.32 Å². The fourth-order valence-electron chi connectivity index (χ4n) is 1.93. The van der Waals surface area contributed by atoms with Gasteiger partial charge in [-0.15, -0.1) is 11.3 Å². The average molecular weight is 301 g/mol. The predicted octanol–water partition coefficient (Wildman–Crippen LogP) is 3.48. The number of nitrogens with zero attached hydrogens (tertiary/aromatic N) is 2. The van der Waals surface area contributed by atoms with E-state index in [0.29, 0.717) is 21.2 Å². The molecule has 1 aromatic carbocycles. The standard InChI is InChI=1S/C15H15N3O2S/c1-15(2,3)17-13(19)11-8-16-14(21-11)12-9-6-4-5-7-10(9)20-18-12/h4-8H,1-3H3,(H,17,19). The quantitative estimate of drug-likeness (QED) is 0.787. The van der Waals surface area contributed by atoms with E-state index in [9.17, 15) is 4.79 Å². The van der Waals surface area contributed by atoms with Crippen LogP contribution < -0.4 is 5.32 Å². The summed E-state index contributed by atoms with van der Waals surface area (Å²) < 4.78 is 5.27. The maximum Gasteiger partial charge on any atom is 0.263 e. The first-order chi connectivity index (χ1) is 9.94. The third kappa shape index (κ3) is 2.80. The van der Waals surface area contributed by atoms with Crippen LogP contribution in [0.25, 0.3) is 21.7 Å². The van der Waals surface area contributed by atoms with Crippen LogP contribution in [0.3, 0.4) is 0 Å². The van der Waals surface area contributed by atoms with Gasteiger partial charge in [0.25, 0.3) is 5.91 Å². The van der Waals surface area contributed by atoms with Crippen molar-refractivity contribution >= 4 is 28.2 Å². The molecule has 0 unspecified atom stereocenters. The lowest BCUT2D eigenvalue weighted by atomic mass is 10.1. The summed E-state index contributed by atoms with van der Waals surface area (Å²) in [5.41, 5.74) is 1.11. The van der Waals surface area contributed by atoms with Gasteiger partial charge in [-0.2, -0.15) is 0 Å². The summed E-state index contributed by atoms with van der Waals surface area (Å²) in [5, 5.41) is 8.55. The van der Waals surface area contributed by atoms with Crippen molar-refractivity contribution in [2.75, 3.05) is 0 Å². The highest BCUT2D eigenvalue weighted by Crippen LogP contribution is 2.30. The maximum atomic E-state index is 12.1. The molecule has 3 rings (SSSR count). The number of carbonyl (C=O) groups excluding carboxylic acids is 1. The van der Waals surface area contributed by atoms with E-state index in [2.05, 4.69) is 15.5 Å². The van der Waals surface area contributed by atoms with Gasteiger partial charge < -0.3 is 9.84 Å². The van der Waals surface area contributed by atoms with Gasteiger partial charge in [-0.1, -0.05) is 17.3 Å². The van der Waals surface area contributed by atoms with Crippen molar-refractivity contribution in [2.24, 2.45) is 0 Å². The molecule has 0 radical (unpaired) electrons. The molecule has 0 fully saturated rings. The Hall–Kier alpha value is -2.21. The lowest BCUT2D eigenvalue weighted by molar-refractivity contribution is 0.0923. The SMILES string of the molecule is CC(C)(C)NC(=O)c1cnc(-c2noc3ccccc23)s1. The van der Waals surface area contributed by atoms with Crippen LogP contribution in [0.2, 0.25) is 0 Å². The Morgan fingerprint density at radius 3 is 2.81 bits per heavy atom. The van der Waals surface area contributed by atoms with Gasteiger partial charge >= 0.3 is 0 Å². The van der Waals surface area contributed by atoms with Crippen LogP contribution in [-0.4, -0.2) is 21.6 Å². The number of rotatable bonds is 2. The fourth-order valence-corrected chi connectivity index (χ4v) is 2.74. The lowest BCUT2D eigenvalue weighted by Gasteiger charge is -2.19. The highest BCUT2D eigenvalue weighted by atomic mass is 32.1. The molecular formula is C15H15N3O2S. The van der Waals surface area contributed by atoms with Gasteiger partial charge in [0.05, 0.1) is 11.6 Å². The van der Waals surface area contributed by atoms with E-state index in [1.54, 1.807) is 6.20 Å². The predicted molar refractivity (Wildman–Crippen MR) is 82.3 cm³/mol. The number of para-hydroxylation sites is 1. The van der Waals surface area contributed by atoms with Crippen molar-refractivity contribution in [3.8, 4) is 10.7 Å². The average Bonchev–Trinajstić information content (AvgIpc) is 3.03. The minimum atomic E-state index is -0.276. The maximum absolute atomic E-state index is 12.1. The van der Waals surface area contributed by atoms with Gasteiger partial charge in [0.15, 0.2) is 5.58 Å². The molecule has 0 saturated heterocycles. The smallest absolute Gasteiger partial charge is 0.263 e. The Morgan fingerprint density at radius 1 is 1.29 bits per heavy atom. The highest BCUT2D eigenvalue weighted by molar-refractivity contribution is 7.17. The molecule has 6 heteroatoms. The van der Waals surface area contributed by atoms with Gasteiger partial charge in [-0.25, -0.2) is 4.98 Å². The summed E-state index contributed by atoms with van der Waals surface area (Å²) in [5.74, 6) is -0.126. The molecule has 5 nitrogen and oxygen atoms in total. The van der Waals surface area contributed by atoms with E-state index in [-0.39, 0.29) is 11.4 Å². The second-order valence-electron chi connectivity index (χ2n) is 5.76. The van der Waals surface area contributed by atoms with Gasteiger partial charge in [0.1, 0.15) is 15.6 Å². The molecule has 108 valence electrons. The van der Waals surface area contributed by atoms with E-state index >= 15 is 0 Å². The zero-order chi connectivity index (χ0) is 15.0. The normalized spacial score (nSPS) is 11.8. The topological polar surface area (TPSA) is 68.0 Å². The van der Waals surface area contributed by atoms with Gasteiger partial charge in [0.2, 0.25) is 0 Å². The van der Waals surface area contributed by atoms with Crippen molar-refractivity contribution in [1.82, 2.24) is 15.5 Å². The Kier molecular flexibility index (Phi) is 3.25. The van der Waals surface area contributed by atoms with E-state index in [1.165, 1.54) is 11.3 Å². The highest BCUT2D eigenvalue weighted by Gasteiger charge is 2.19. The van der Waals surface area contributed by atoms with Crippen LogP contribution >= 0.6 is 11.3 Å². The number of benzene rings is 1. The van der Waals surface area contributed by atoms with Gasteiger partial charge in [0, 0.05) is 5.54 Å². The zero-order valence-electron chi connectivity index (χ0n) is 12.0. The first-order valence-electron chi connectivity index (χ1n) is 6.57. The number of fused-ring (bicyclic) bond motifs is 1. The summed E-state index contributed by atoms with van der Waals surface area (Å²) in [4.78, 5) is 17.0. The van der Waals surface area contributed by atoms with Crippen LogP contribution in [0.15, 0.2) is 35.0 Å². The molecular weight excluding hydrogens is 286 g/mol. The molecule has 0 aliphatic carbocycles. The van der Waals surface area contributed by atoms with E-state index in [0.717, 1.165) is 5.39 Å². The number of hydrogen-bond acceptors (Lipinski definition) is 5. The van der Waals surface area contributed by atoms with Crippen molar-refractivity contribution in [3.05, 3.63) is 35.3 Å². The molecule has 0 aliphatic rings. The second-order valence-corrected chi connectivity index (χ2v) is 6.79. The van der Waals surface area contributed by atoms with Crippen LogP contribution in [0.4, 0.5) is 0 Å². The molecule has 2 aromatic heterocycles. The Bertz CT molecular complexity index is 798. The summed E-state index contributed by atoms with van der Waals surface area (Å²) in [6.45, 7) is 5.83. The molecule has 0 spiro atoms. The summed E-state index contributed by atoms with van der Waals surface area (Å²) in [7, 11) is 0. The summed E-state index contributed by atoms with van der Waals surface area (Å²) in [6.07, 6.45) is 1.57. The first kappa shape index (κ1) is 13.8. The molecule has 21 heavy (non-hydrogen) atoms. The summed E-state index contributed by atoms with van der Waals surface area (Å²) >= 11 is 1.31. The molecule has 0 atom stereocenters. The van der Waals surface area contributed by atoms with Crippen molar-refractivity contribution in [3.63, 3.8) is 0 Å². The van der Waals surface area contributed by atoms with Crippen LogP contribution in [0.5, 0.6) is 0 Å². The van der Waals surface area contributed by atoms with Crippen LogP contribution in [0.1, 0.15) is 30.4 Å². The van der Waals surface area contributed by atoms with Crippen molar-refractivity contribution in [1.29, 1.82) is 0 Å². The minimum Gasteiger partial charge on any atom is -0.356 e. The number of nitrogens with one attached hydrogen (secondary N) is 1.